The van der Waals surface area contributed by atoms with Gasteiger partial charge in [0.1, 0.15) is 5.52 Å². The van der Waals surface area contributed by atoms with Crippen LogP contribution in [0.4, 0.5) is 5.82 Å². The van der Waals surface area contributed by atoms with Crippen LogP contribution in [0.2, 0.25) is 0 Å². The summed E-state index contributed by atoms with van der Waals surface area (Å²) in [6, 6.07) is 7.90. The van der Waals surface area contributed by atoms with Crippen LogP contribution < -0.4 is 19.7 Å². The number of benzene rings is 1. The molecule has 25 heavy (non-hydrogen) atoms. The van der Waals surface area contributed by atoms with Crippen molar-refractivity contribution in [2.75, 3.05) is 45.3 Å². The lowest BCUT2D eigenvalue weighted by Crippen LogP contribution is -2.44. The van der Waals surface area contributed by atoms with Crippen LogP contribution >= 0.6 is 0 Å². The fourth-order valence-corrected chi connectivity index (χ4v) is 3.17. The summed E-state index contributed by atoms with van der Waals surface area (Å²) in [6.45, 7) is 3.84. The largest absolute Gasteiger partial charge is 0.493 e. The molecule has 0 saturated carbocycles. The quantitative estimate of drug-likeness (QED) is 0.782. The topological polar surface area (TPSA) is 63.9 Å². The molecule has 1 aliphatic rings. The minimum atomic E-state index is 0.692. The molecule has 1 fully saturated rings. The molecule has 1 aliphatic heterocycles. The van der Waals surface area contributed by atoms with Crippen LogP contribution in [0, 0.1) is 0 Å². The van der Waals surface area contributed by atoms with Gasteiger partial charge in [-0.25, -0.2) is 9.50 Å². The van der Waals surface area contributed by atoms with Crippen molar-refractivity contribution >= 4 is 11.3 Å². The SMILES string of the molecule is COc1ccc(-c2cc3c(N4CCNCC4)nccn3n2)cc1OC. The van der Waals surface area contributed by atoms with Crippen molar-refractivity contribution in [2.45, 2.75) is 0 Å². The van der Waals surface area contributed by atoms with Crippen LogP contribution in [0.3, 0.4) is 0 Å². The molecule has 4 rings (SSSR count). The molecule has 0 aliphatic carbocycles. The first-order chi connectivity index (χ1) is 12.3. The Labute approximate surface area is 146 Å². The monoisotopic (exact) mass is 339 g/mol. The predicted molar refractivity (Wildman–Crippen MR) is 96.6 cm³/mol. The van der Waals surface area contributed by atoms with Gasteiger partial charge in [0, 0.05) is 44.1 Å². The third-order valence-corrected chi connectivity index (χ3v) is 4.47. The third kappa shape index (κ3) is 2.87. The summed E-state index contributed by atoms with van der Waals surface area (Å²) in [6.07, 6.45) is 3.68. The molecule has 3 aromatic rings. The molecule has 1 aromatic carbocycles. The summed E-state index contributed by atoms with van der Waals surface area (Å²) in [5.74, 6) is 2.37. The Kier molecular flexibility index (Phi) is 4.15. The van der Waals surface area contributed by atoms with E-state index in [2.05, 4.69) is 21.3 Å². The zero-order chi connectivity index (χ0) is 17.2. The van der Waals surface area contributed by atoms with Crippen LogP contribution in [0.15, 0.2) is 36.7 Å². The van der Waals surface area contributed by atoms with Gasteiger partial charge < -0.3 is 19.7 Å². The first-order valence-electron chi connectivity index (χ1n) is 8.32. The van der Waals surface area contributed by atoms with Gasteiger partial charge in [-0.1, -0.05) is 0 Å². The predicted octanol–water partition coefficient (Wildman–Crippen LogP) is 1.82. The Balaban J connectivity index is 1.76. The molecular weight excluding hydrogens is 318 g/mol. The van der Waals surface area contributed by atoms with Gasteiger partial charge in [0.15, 0.2) is 17.3 Å². The highest BCUT2D eigenvalue weighted by molar-refractivity contribution is 5.76. The summed E-state index contributed by atoms with van der Waals surface area (Å²) < 4.78 is 12.6. The van der Waals surface area contributed by atoms with Crippen molar-refractivity contribution in [2.24, 2.45) is 0 Å². The lowest BCUT2D eigenvalue weighted by atomic mass is 10.1. The van der Waals surface area contributed by atoms with E-state index in [1.54, 1.807) is 20.4 Å². The molecule has 0 bridgehead atoms. The maximum Gasteiger partial charge on any atom is 0.161 e. The molecule has 1 saturated heterocycles. The number of anilines is 1. The second-order valence-electron chi connectivity index (χ2n) is 5.92. The molecule has 1 N–H and O–H groups in total. The summed E-state index contributed by atoms with van der Waals surface area (Å²) in [4.78, 5) is 6.89. The first kappa shape index (κ1) is 15.7. The molecule has 7 nitrogen and oxygen atoms in total. The molecule has 0 unspecified atom stereocenters. The van der Waals surface area contributed by atoms with E-state index in [-0.39, 0.29) is 0 Å². The number of methoxy groups -OCH3 is 2. The summed E-state index contributed by atoms with van der Waals surface area (Å²) >= 11 is 0. The highest BCUT2D eigenvalue weighted by Crippen LogP contribution is 2.33. The first-order valence-corrected chi connectivity index (χ1v) is 8.32. The van der Waals surface area contributed by atoms with Gasteiger partial charge in [0.2, 0.25) is 0 Å². The van der Waals surface area contributed by atoms with E-state index in [1.807, 2.05) is 28.9 Å². The molecule has 7 heteroatoms. The Hall–Kier alpha value is -2.80. The van der Waals surface area contributed by atoms with Crippen LogP contribution in [0.5, 0.6) is 11.5 Å². The average Bonchev–Trinajstić information content (AvgIpc) is 3.12. The number of ether oxygens (including phenoxy) is 2. The van der Waals surface area contributed by atoms with E-state index < -0.39 is 0 Å². The fourth-order valence-electron chi connectivity index (χ4n) is 3.17. The summed E-state index contributed by atoms with van der Waals surface area (Å²) in [7, 11) is 3.27. The maximum absolute atomic E-state index is 5.40. The molecule has 0 atom stereocenters. The van der Waals surface area contributed by atoms with E-state index in [4.69, 9.17) is 14.6 Å². The van der Waals surface area contributed by atoms with Crippen LogP contribution in [0.1, 0.15) is 0 Å². The Morgan fingerprint density at radius 2 is 1.84 bits per heavy atom. The van der Waals surface area contributed by atoms with Crippen LogP contribution in [-0.2, 0) is 0 Å². The van der Waals surface area contributed by atoms with E-state index in [0.717, 1.165) is 48.8 Å². The van der Waals surface area contributed by atoms with Crippen molar-refractivity contribution in [1.82, 2.24) is 19.9 Å². The highest BCUT2D eigenvalue weighted by atomic mass is 16.5. The molecule has 130 valence electrons. The van der Waals surface area contributed by atoms with Crippen molar-refractivity contribution in [3.05, 3.63) is 36.7 Å². The van der Waals surface area contributed by atoms with Gasteiger partial charge in [-0.05, 0) is 24.3 Å². The molecule has 2 aromatic heterocycles. The van der Waals surface area contributed by atoms with Crippen molar-refractivity contribution in [3.8, 4) is 22.8 Å². The normalized spacial score (nSPS) is 14.7. The average molecular weight is 339 g/mol. The molecule has 0 radical (unpaired) electrons. The number of fused-ring (bicyclic) bond motifs is 1. The minimum absolute atomic E-state index is 0.692. The lowest BCUT2D eigenvalue weighted by Gasteiger charge is -2.28. The number of rotatable bonds is 4. The number of nitrogens with one attached hydrogen (secondary N) is 1. The van der Waals surface area contributed by atoms with Crippen molar-refractivity contribution < 1.29 is 9.47 Å². The van der Waals surface area contributed by atoms with Gasteiger partial charge in [0.25, 0.3) is 0 Å². The molecular formula is C18H21N5O2. The summed E-state index contributed by atoms with van der Waals surface area (Å²) in [5.41, 5.74) is 2.87. The van der Waals surface area contributed by atoms with Crippen molar-refractivity contribution in [1.29, 1.82) is 0 Å². The number of hydrogen-bond acceptors (Lipinski definition) is 6. The molecule has 0 amide bonds. The van der Waals surface area contributed by atoms with Gasteiger partial charge >= 0.3 is 0 Å². The number of piperazine rings is 1. The second-order valence-corrected chi connectivity index (χ2v) is 5.92. The van der Waals surface area contributed by atoms with Crippen LogP contribution in [-0.4, -0.2) is 55.0 Å². The highest BCUT2D eigenvalue weighted by Gasteiger charge is 2.17. The number of nitrogens with zero attached hydrogens (tertiary/aromatic N) is 4. The van der Waals surface area contributed by atoms with Gasteiger partial charge in [-0.15, -0.1) is 0 Å². The standard InChI is InChI=1S/C18H21N5O2/c1-24-16-4-3-13(11-17(16)25-2)14-12-15-18(20-7-10-23(15)21-14)22-8-5-19-6-9-22/h3-4,7,10-12,19H,5-6,8-9H2,1-2H3. The van der Waals surface area contributed by atoms with E-state index in [0.29, 0.717) is 11.5 Å². The van der Waals surface area contributed by atoms with Gasteiger partial charge in [-0.2, -0.15) is 5.10 Å². The number of hydrogen-bond donors (Lipinski definition) is 1. The van der Waals surface area contributed by atoms with Crippen LogP contribution in [0.25, 0.3) is 16.8 Å². The minimum Gasteiger partial charge on any atom is -0.493 e. The molecule has 0 spiro atoms. The number of aromatic nitrogens is 3. The van der Waals surface area contributed by atoms with Gasteiger partial charge in [0.05, 0.1) is 19.9 Å². The zero-order valence-electron chi connectivity index (χ0n) is 14.4. The van der Waals surface area contributed by atoms with E-state index in [1.165, 1.54) is 0 Å². The Bertz CT molecular complexity index is 886. The Morgan fingerprint density at radius 3 is 2.60 bits per heavy atom. The molecule has 3 heterocycles. The summed E-state index contributed by atoms with van der Waals surface area (Å²) in [5, 5.41) is 8.08. The zero-order valence-corrected chi connectivity index (χ0v) is 14.4. The fraction of sp³-hybridized carbons (Fsp3) is 0.333. The van der Waals surface area contributed by atoms with E-state index >= 15 is 0 Å². The van der Waals surface area contributed by atoms with E-state index in [9.17, 15) is 0 Å². The van der Waals surface area contributed by atoms with Gasteiger partial charge in [-0.3, -0.25) is 0 Å². The maximum atomic E-state index is 5.40. The lowest BCUT2D eigenvalue weighted by molar-refractivity contribution is 0.355. The van der Waals surface area contributed by atoms with Crippen molar-refractivity contribution in [3.63, 3.8) is 0 Å². The Morgan fingerprint density at radius 1 is 1.04 bits per heavy atom. The third-order valence-electron chi connectivity index (χ3n) is 4.47. The second kappa shape index (κ2) is 6.60. The smallest absolute Gasteiger partial charge is 0.161 e.